The summed E-state index contributed by atoms with van der Waals surface area (Å²) in [6.07, 6.45) is 7.49. The number of para-hydroxylation sites is 1. The van der Waals surface area contributed by atoms with Crippen LogP contribution in [-0.4, -0.2) is 43.5 Å². The van der Waals surface area contributed by atoms with Gasteiger partial charge in [-0.05, 0) is 54.6 Å². The number of aromatic nitrogens is 5. The summed E-state index contributed by atoms with van der Waals surface area (Å²) in [6.45, 7) is 2.13. The molecule has 2 aromatic carbocycles. The normalized spacial score (nSPS) is 13.4. The summed E-state index contributed by atoms with van der Waals surface area (Å²) in [5, 5.41) is 7.44. The molecule has 1 fully saturated rings. The van der Waals surface area contributed by atoms with Gasteiger partial charge in [0.25, 0.3) is 0 Å². The van der Waals surface area contributed by atoms with Gasteiger partial charge in [0, 0.05) is 48.6 Å². The SMILES string of the molecule is O=C(Cn1ccc2ccccc21)Nc1ccc(Nc2nc(N3CCCC3)nc3nccnc23)cc1. The number of hydrogen-bond donors (Lipinski definition) is 2. The number of carbonyl (C=O) groups is 1. The van der Waals surface area contributed by atoms with Crippen molar-refractivity contribution in [3.63, 3.8) is 0 Å². The highest BCUT2D eigenvalue weighted by Gasteiger charge is 2.18. The van der Waals surface area contributed by atoms with Crippen molar-refractivity contribution < 1.29 is 4.79 Å². The molecular weight excluding hydrogens is 440 g/mol. The predicted molar refractivity (Wildman–Crippen MR) is 137 cm³/mol. The number of rotatable bonds is 6. The third-order valence-electron chi connectivity index (χ3n) is 6.14. The van der Waals surface area contributed by atoms with Crippen molar-refractivity contribution >= 4 is 51.1 Å². The van der Waals surface area contributed by atoms with Gasteiger partial charge in [0.2, 0.25) is 11.9 Å². The van der Waals surface area contributed by atoms with Crippen LogP contribution < -0.4 is 15.5 Å². The highest BCUT2D eigenvalue weighted by Crippen LogP contribution is 2.26. The molecule has 0 spiro atoms. The van der Waals surface area contributed by atoms with Gasteiger partial charge in [-0.25, -0.2) is 9.97 Å². The maximum absolute atomic E-state index is 12.6. The third kappa shape index (κ3) is 4.35. The van der Waals surface area contributed by atoms with Gasteiger partial charge in [-0.15, -0.1) is 0 Å². The van der Waals surface area contributed by atoms with Gasteiger partial charge < -0.3 is 20.1 Å². The number of anilines is 4. The van der Waals surface area contributed by atoms with Crippen LogP contribution >= 0.6 is 0 Å². The van der Waals surface area contributed by atoms with Crippen molar-refractivity contribution in [1.29, 1.82) is 0 Å². The number of nitrogens with one attached hydrogen (secondary N) is 2. The minimum atomic E-state index is -0.0839. The summed E-state index contributed by atoms with van der Waals surface area (Å²) in [4.78, 5) is 33.0. The number of amides is 1. The molecule has 0 atom stereocenters. The maximum Gasteiger partial charge on any atom is 0.244 e. The summed E-state index contributed by atoms with van der Waals surface area (Å²) in [7, 11) is 0. The van der Waals surface area contributed by atoms with Crippen LogP contribution in [0.15, 0.2) is 73.2 Å². The zero-order chi connectivity index (χ0) is 23.6. The summed E-state index contributed by atoms with van der Waals surface area (Å²) in [5.74, 6) is 1.19. The van der Waals surface area contributed by atoms with Crippen molar-refractivity contribution in [2.24, 2.45) is 0 Å². The zero-order valence-electron chi connectivity index (χ0n) is 19.1. The monoisotopic (exact) mass is 464 g/mol. The molecule has 1 aliphatic heterocycles. The van der Waals surface area contributed by atoms with E-state index in [1.807, 2.05) is 65.4 Å². The smallest absolute Gasteiger partial charge is 0.244 e. The second kappa shape index (κ2) is 9.02. The molecule has 1 aliphatic rings. The van der Waals surface area contributed by atoms with Gasteiger partial charge in [0.15, 0.2) is 17.0 Å². The van der Waals surface area contributed by atoms with Crippen LogP contribution in [0.1, 0.15) is 12.8 Å². The lowest BCUT2D eigenvalue weighted by molar-refractivity contribution is -0.116. The molecule has 4 heterocycles. The number of benzene rings is 2. The highest BCUT2D eigenvalue weighted by atomic mass is 16.1. The number of fused-ring (bicyclic) bond motifs is 2. The van der Waals surface area contributed by atoms with Gasteiger partial charge in [-0.1, -0.05) is 18.2 Å². The molecular formula is C26H24N8O. The van der Waals surface area contributed by atoms with Crippen LogP contribution in [0.2, 0.25) is 0 Å². The average molecular weight is 465 g/mol. The van der Waals surface area contributed by atoms with E-state index in [2.05, 4.69) is 30.5 Å². The first-order valence-electron chi connectivity index (χ1n) is 11.7. The molecule has 2 N–H and O–H groups in total. The van der Waals surface area contributed by atoms with E-state index in [-0.39, 0.29) is 12.5 Å². The fraction of sp³-hybridized carbons (Fsp3) is 0.192. The molecule has 5 aromatic rings. The number of carbonyl (C=O) groups excluding carboxylic acids is 1. The number of hydrogen-bond acceptors (Lipinski definition) is 7. The summed E-state index contributed by atoms with van der Waals surface area (Å²) < 4.78 is 1.94. The molecule has 1 amide bonds. The first-order chi connectivity index (χ1) is 17.2. The minimum Gasteiger partial charge on any atom is -0.341 e. The molecule has 0 saturated carbocycles. The molecule has 9 nitrogen and oxygen atoms in total. The first-order valence-corrected chi connectivity index (χ1v) is 11.7. The van der Waals surface area contributed by atoms with E-state index < -0.39 is 0 Å². The predicted octanol–water partition coefficient (Wildman–Crippen LogP) is 4.36. The second-order valence-corrected chi connectivity index (χ2v) is 8.55. The lowest BCUT2D eigenvalue weighted by Gasteiger charge is -2.17. The Hall–Kier alpha value is -4.53. The van der Waals surface area contributed by atoms with Gasteiger partial charge in [-0.3, -0.25) is 4.79 Å². The van der Waals surface area contributed by atoms with Crippen molar-refractivity contribution in [2.75, 3.05) is 28.6 Å². The van der Waals surface area contributed by atoms with Gasteiger partial charge in [-0.2, -0.15) is 9.97 Å². The van der Waals surface area contributed by atoms with Crippen molar-refractivity contribution in [1.82, 2.24) is 24.5 Å². The summed E-state index contributed by atoms with van der Waals surface area (Å²) >= 11 is 0. The standard InChI is InChI=1S/C26H24N8O/c35-22(17-34-16-11-18-5-1-2-6-21(18)34)29-19-7-9-20(10-8-19)30-25-23-24(28-13-12-27-23)31-26(32-25)33-14-3-4-15-33/h1-2,5-13,16H,3-4,14-15,17H2,(H,29,35)(H,28,30,31,32). The van der Waals surface area contributed by atoms with Crippen molar-refractivity contribution in [3.8, 4) is 0 Å². The summed E-state index contributed by atoms with van der Waals surface area (Å²) in [6, 6.07) is 17.6. The minimum absolute atomic E-state index is 0.0839. The van der Waals surface area contributed by atoms with E-state index in [0.29, 0.717) is 22.9 Å². The Morgan fingerprint density at radius 1 is 0.886 bits per heavy atom. The van der Waals surface area contributed by atoms with E-state index in [0.717, 1.165) is 48.2 Å². The zero-order valence-corrected chi connectivity index (χ0v) is 19.1. The first kappa shape index (κ1) is 21.0. The summed E-state index contributed by atoms with van der Waals surface area (Å²) in [5.41, 5.74) is 3.77. The molecule has 0 unspecified atom stereocenters. The molecule has 3 aromatic heterocycles. The molecule has 0 bridgehead atoms. The molecule has 1 saturated heterocycles. The number of nitrogens with zero attached hydrogens (tertiary/aromatic N) is 6. The van der Waals surface area contributed by atoms with Crippen molar-refractivity contribution in [2.45, 2.75) is 19.4 Å². The van der Waals surface area contributed by atoms with Crippen LogP contribution in [0.5, 0.6) is 0 Å². The molecule has 174 valence electrons. The topological polar surface area (TPSA) is 101 Å². The van der Waals surface area contributed by atoms with E-state index in [1.165, 1.54) is 0 Å². The van der Waals surface area contributed by atoms with Crippen LogP contribution in [0.25, 0.3) is 22.1 Å². The van der Waals surface area contributed by atoms with Gasteiger partial charge >= 0.3 is 0 Å². The molecule has 9 heteroatoms. The molecule has 35 heavy (non-hydrogen) atoms. The Bertz CT molecular complexity index is 1510. The van der Waals surface area contributed by atoms with E-state index in [9.17, 15) is 4.79 Å². The molecule has 6 rings (SSSR count). The Morgan fingerprint density at radius 2 is 1.66 bits per heavy atom. The largest absolute Gasteiger partial charge is 0.341 e. The Kier molecular flexibility index (Phi) is 5.42. The lowest BCUT2D eigenvalue weighted by Crippen LogP contribution is -2.21. The van der Waals surface area contributed by atoms with Crippen LogP contribution in [-0.2, 0) is 11.3 Å². The lowest BCUT2D eigenvalue weighted by atomic mass is 10.2. The Labute approximate surface area is 201 Å². The Morgan fingerprint density at radius 3 is 2.51 bits per heavy atom. The third-order valence-corrected chi connectivity index (χ3v) is 6.14. The maximum atomic E-state index is 12.6. The van der Waals surface area contributed by atoms with Crippen molar-refractivity contribution in [3.05, 3.63) is 73.2 Å². The van der Waals surface area contributed by atoms with E-state index in [4.69, 9.17) is 4.98 Å². The quantitative estimate of drug-likeness (QED) is 0.385. The van der Waals surface area contributed by atoms with Gasteiger partial charge in [0.05, 0.1) is 0 Å². The van der Waals surface area contributed by atoms with Crippen LogP contribution in [0, 0.1) is 0 Å². The van der Waals surface area contributed by atoms with Crippen LogP contribution in [0.3, 0.4) is 0 Å². The molecule has 0 aliphatic carbocycles. The van der Waals surface area contributed by atoms with Crippen LogP contribution in [0.4, 0.5) is 23.1 Å². The van der Waals surface area contributed by atoms with E-state index >= 15 is 0 Å². The average Bonchev–Trinajstić information content (AvgIpc) is 3.56. The van der Waals surface area contributed by atoms with E-state index in [1.54, 1.807) is 12.4 Å². The second-order valence-electron chi connectivity index (χ2n) is 8.55. The van der Waals surface area contributed by atoms with Gasteiger partial charge in [0.1, 0.15) is 6.54 Å². The Balaban J connectivity index is 1.18. The fourth-order valence-electron chi connectivity index (χ4n) is 4.41. The highest BCUT2D eigenvalue weighted by molar-refractivity contribution is 5.92. The fourth-order valence-corrected chi connectivity index (χ4v) is 4.41. The molecule has 0 radical (unpaired) electrons.